The number of nitrogens with zero attached hydrogens (tertiary/aromatic N) is 2. The van der Waals surface area contributed by atoms with Crippen LogP contribution in [0.5, 0.6) is 0 Å². The van der Waals surface area contributed by atoms with E-state index >= 15 is 0 Å². The maximum Gasteiger partial charge on any atom is 0.336 e. The lowest BCUT2D eigenvalue weighted by atomic mass is 10.2. The average molecular weight is 317 g/mol. The van der Waals surface area contributed by atoms with Gasteiger partial charge in [0, 0.05) is 9.37 Å². The van der Waals surface area contributed by atoms with Gasteiger partial charge in [0.1, 0.15) is 5.51 Å². The van der Waals surface area contributed by atoms with Crippen LogP contribution in [0.3, 0.4) is 0 Å². The Kier molecular flexibility index (Phi) is 3.57. The molecule has 0 aliphatic heterocycles. The Hall–Kier alpha value is -0.920. The zero-order valence-electron chi connectivity index (χ0n) is 7.75. The standard InChI is InChI=1S/C9H5BrN2O2S2/c10-5-1-2-7(6(3-5)8(13)14)16-9-12-11-4-15-9/h1-4H,(H,13,14). The molecular formula is C9H5BrN2O2S2. The molecule has 0 saturated heterocycles. The molecule has 82 valence electrons. The van der Waals surface area contributed by atoms with Gasteiger partial charge in [0.15, 0.2) is 4.34 Å². The first-order valence-electron chi connectivity index (χ1n) is 4.13. The third-order valence-electron chi connectivity index (χ3n) is 1.71. The number of benzene rings is 1. The number of halogens is 1. The van der Waals surface area contributed by atoms with Crippen molar-refractivity contribution in [1.29, 1.82) is 0 Å². The van der Waals surface area contributed by atoms with Crippen molar-refractivity contribution in [3.05, 3.63) is 33.7 Å². The van der Waals surface area contributed by atoms with Crippen molar-refractivity contribution in [2.24, 2.45) is 0 Å². The number of aromatic carboxylic acids is 1. The van der Waals surface area contributed by atoms with Gasteiger partial charge in [-0.1, -0.05) is 39.0 Å². The summed E-state index contributed by atoms with van der Waals surface area (Å²) in [5, 5.41) is 16.6. The molecule has 1 N–H and O–H groups in total. The lowest BCUT2D eigenvalue weighted by molar-refractivity contribution is 0.0693. The molecule has 0 radical (unpaired) electrons. The van der Waals surface area contributed by atoms with Crippen LogP contribution < -0.4 is 0 Å². The number of rotatable bonds is 3. The maximum atomic E-state index is 11.0. The van der Waals surface area contributed by atoms with Crippen molar-refractivity contribution < 1.29 is 9.90 Å². The van der Waals surface area contributed by atoms with Crippen LogP contribution in [0.15, 0.2) is 37.4 Å². The minimum atomic E-state index is -0.951. The Balaban J connectivity index is 2.36. The topological polar surface area (TPSA) is 63.1 Å². The normalized spacial score (nSPS) is 10.3. The summed E-state index contributed by atoms with van der Waals surface area (Å²) in [5.41, 5.74) is 1.87. The van der Waals surface area contributed by atoms with E-state index in [1.165, 1.54) is 23.1 Å². The highest BCUT2D eigenvalue weighted by Crippen LogP contribution is 2.32. The summed E-state index contributed by atoms with van der Waals surface area (Å²) in [6.07, 6.45) is 0. The van der Waals surface area contributed by atoms with Crippen LogP contribution in [-0.2, 0) is 0 Å². The molecule has 0 saturated carbocycles. The second-order valence-electron chi connectivity index (χ2n) is 2.75. The number of carboxylic acids is 1. The number of hydrogen-bond donors (Lipinski definition) is 1. The molecule has 2 aromatic rings. The molecule has 16 heavy (non-hydrogen) atoms. The molecule has 1 aromatic heterocycles. The van der Waals surface area contributed by atoms with Gasteiger partial charge in [-0.05, 0) is 18.2 Å². The van der Waals surface area contributed by atoms with Crippen molar-refractivity contribution >= 4 is 45.0 Å². The van der Waals surface area contributed by atoms with E-state index in [1.807, 2.05) is 0 Å². The van der Waals surface area contributed by atoms with Gasteiger partial charge in [-0.3, -0.25) is 0 Å². The van der Waals surface area contributed by atoms with Gasteiger partial charge in [-0.15, -0.1) is 10.2 Å². The maximum absolute atomic E-state index is 11.0. The van der Waals surface area contributed by atoms with Crippen LogP contribution in [0, 0.1) is 0 Å². The van der Waals surface area contributed by atoms with E-state index in [2.05, 4.69) is 26.1 Å². The van der Waals surface area contributed by atoms with Crippen molar-refractivity contribution in [1.82, 2.24) is 10.2 Å². The van der Waals surface area contributed by atoms with E-state index in [0.717, 1.165) is 8.81 Å². The van der Waals surface area contributed by atoms with Gasteiger partial charge in [-0.25, -0.2) is 4.79 Å². The molecule has 1 heterocycles. The summed E-state index contributed by atoms with van der Waals surface area (Å²) in [4.78, 5) is 11.7. The highest BCUT2D eigenvalue weighted by atomic mass is 79.9. The lowest BCUT2D eigenvalue weighted by Crippen LogP contribution is -1.98. The first-order chi connectivity index (χ1) is 7.66. The molecule has 0 amide bonds. The van der Waals surface area contributed by atoms with E-state index in [9.17, 15) is 4.79 Å². The molecule has 0 atom stereocenters. The van der Waals surface area contributed by atoms with Crippen LogP contribution in [0.4, 0.5) is 0 Å². The van der Waals surface area contributed by atoms with Gasteiger partial charge >= 0.3 is 5.97 Å². The summed E-state index contributed by atoms with van der Waals surface area (Å²) < 4.78 is 1.47. The molecule has 4 nitrogen and oxygen atoms in total. The molecule has 0 unspecified atom stereocenters. The predicted octanol–water partition coefficient (Wildman–Crippen LogP) is 3.15. The molecule has 2 rings (SSSR count). The first kappa shape index (κ1) is 11.6. The summed E-state index contributed by atoms with van der Waals surface area (Å²) in [6, 6.07) is 5.13. The molecule has 0 aliphatic rings. The summed E-state index contributed by atoms with van der Waals surface area (Å²) >= 11 is 5.92. The molecule has 1 aromatic carbocycles. The van der Waals surface area contributed by atoms with Crippen molar-refractivity contribution in [2.75, 3.05) is 0 Å². The fourth-order valence-electron chi connectivity index (χ4n) is 1.06. The number of hydrogen-bond acceptors (Lipinski definition) is 5. The third kappa shape index (κ3) is 2.60. The smallest absolute Gasteiger partial charge is 0.336 e. The largest absolute Gasteiger partial charge is 0.478 e. The summed E-state index contributed by atoms with van der Waals surface area (Å²) in [5.74, 6) is -0.951. The van der Waals surface area contributed by atoms with Crippen molar-refractivity contribution in [3.63, 3.8) is 0 Å². The minimum absolute atomic E-state index is 0.259. The highest BCUT2D eigenvalue weighted by Gasteiger charge is 2.12. The van der Waals surface area contributed by atoms with Gasteiger partial charge in [-0.2, -0.15) is 0 Å². The van der Waals surface area contributed by atoms with Gasteiger partial charge < -0.3 is 5.11 Å². The van der Waals surface area contributed by atoms with Crippen LogP contribution in [0.2, 0.25) is 0 Å². The van der Waals surface area contributed by atoms with Crippen LogP contribution >= 0.6 is 39.0 Å². The SMILES string of the molecule is O=C(O)c1cc(Br)ccc1Sc1nncs1. The number of carbonyl (C=O) groups is 1. The zero-order chi connectivity index (χ0) is 11.5. The van der Waals surface area contributed by atoms with Gasteiger partial charge in [0.25, 0.3) is 0 Å². The Bertz CT molecular complexity index is 516. The van der Waals surface area contributed by atoms with E-state index in [4.69, 9.17) is 5.11 Å². The average Bonchev–Trinajstić information content (AvgIpc) is 2.73. The molecule has 0 spiro atoms. The molecular weight excluding hydrogens is 312 g/mol. The summed E-state index contributed by atoms with van der Waals surface area (Å²) in [6.45, 7) is 0. The fraction of sp³-hybridized carbons (Fsp3) is 0. The van der Waals surface area contributed by atoms with E-state index in [0.29, 0.717) is 4.90 Å². The molecule has 0 bridgehead atoms. The Morgan fingerprint density at radius 3 is 2.94 bits per heavy atom. The Morgan fingerprint density at radius 2 is 2.31 bits per heavy atom. The Labute approximate surface area is 108 Å². The quantitative estimate of drug-likeness (QED) is 0.942. The first-order valence-corrected chi connectivity index (χ1v) is 6.62. The van der Waals surface area contributed by atoms with Crippen molar-refractivity contribution in [3.8, 4) is 0 Å². The zero-order valence-corrected chi connectivity index (χ0v) is 11.0. The van der Waals surface area contributed by atoms with E-state index < -0.39 is 5.97 Å². The van der Waals surface area contributed by atoms with Gasteiger partial charge in [0.2, 0.25) is 0 Å². The second-order valence-corrected chi connectivity index (χ2v) is 5.79. The van der Waals surface area contributed by atoms with Crippen molar-refractivity contribution in [2.45, 2.75) is 9.24 Å². The van der Waals surface area contributed by atoms with Crippen LogP contribution in [0.1, 0.15) is 10.4 Å². The monoisotopic (exact) mass is 316 g/mol. The lowest BCUT2D eigenvalue weighted by Gasteiger charge is -2.03. The Morgan fingerprint density at radius 1 is 1.50 bits per heavy atom. The predicted molar refractivity (Wildman–Crippen MR) is 65.1 cm³/mol. The van der Waals surface area contributed by atoms with Crippen LogP contribution in [-0.4, -0.2) is 21.3 Å². The summed E-state index contributed by atoms with van der Waals surface area (Å²) in [7, 11) is 0. The van der Waals surface area contributed by atoms with Gasteiger partial charge in [0.05, 0.1) is 5.56 Å². The third-order valence-corrected chi connectivity index (χ3v) is 4.06. The van der Waals surface area contributed by atoms with E-state index in [1.54, 1.807) is 23.7 Å². The number of carboxylic acid groups (broad SMARTS) is 1. The molecule has 7 heteroatoms. The number of aromatic nitrogens is 2. The highest BCUT2D eigenvalue weighted by molar-refractivity contribution is 9.10. The second kappa shape index (κ2) is 4.94. The molecule has 0 fully saturated rings. The minimum Gasteiger partial charge on any atom is -0.478 e. The fourth-order valence-corrected chi connectivity index (χ4v) is 2.96. The van der Waals surface area contributed by atoms with Crippen LogP contribution in [0.25, 0.3) is 0 Å². The van der Waals surface area contributed by atoms with E-state index in [-0.39, 0.29) is 5.56 Å². The molecule has 0 aliphatic carbocycles.